The molecule has 186 valence electrons. The zero-order valence-corrected chi connectivity index (χ0v) is 24.1. The van der Waals surface area contributed by atoms with Gasteiger partial charge in [-0.25, -0.2) is 4.98 Å². The Labute approximate surface area is 227 Å². The number of benzene rings is 3. The van der Waals surface area contributed by atoms with Crippen LogP contribution in [0.25, 0.3) is 53.5 Å². The highest BCUT2D eigenvalue weighted by atomic mass is 32.1. The van der Waals surface area contributed by atoms with Gasteiger partial charge in [0.1, 0.15) is 4.83 Å². The van der Waals surface area contributed by atoms with Crippen molar-refractivity contribution in [3.63, 3.8) is 0 Å². The number of pyridine rings is 1. The minimum absolute atomic E-state index is 0.0416. The summed E-state index contributed by atoms with van der Waals surface area (Å²) in [5.41, 5.74) is 7.66. The van der Waals surface area contributed by atoms with Gasteiger partial charge in [0.05, 0.1) is 5.69 Å². The number of aryl methyl sites for hydroxylation is 1. The highest BCUT2D eigenvalue weighted by Crippen LogP contribution is 2.40. The van der Waals surface area contributed by atoms with E-state index in [0.717, 1.165) is 16.9 Å². The molecule has 0 amide bonds. The van der Waals surface area contributed by atoms with Crippen LogP contribution >= 0.6 is 22.7 Å². The summed E-state index contributed by atoms with van der Waals surface area (Å²) in [4.78, 5) is 7.61. The lowest BCUT2D eigenvalue weighted by Crippen LogP contribution is -2.12. The Morgan fingerprint density at radius 3 is 2.43 bits per heavy atom. The second-order valence-electron chi connectivity index (χ2n) is 11.7. The Hall–Kier alpha value is -3.01. The summed E-state index contributed by atoms with van der Waals surface area (Å²) in [6.45, 7) is 13.7. The fourth-order valence-corrected chi connectivity index (χ4v) is 7.37. The second-order valence-corrected chi connectivity index (χ2v) is 13.8. The molecule has 0 spiro atoms. The van der Waals surface area contributed by atoms with Gasteiger partial charge in [0.2, 0.25) is 0 Å². The standard InChI is InChI=1S/C34H33NS2/c1-20(2)13-25-19-36-32-17-23(11-12-27(25)32)28-18-31(35-33-29(28)14-21(3)37-33)24-15-22-9-7-8-10-26(22)30(16-24)34(4,5)6/h7-12,14-20H,13H2,1-6H3. The predicted molar refractivity (Wildman–Crippen MR) is 165 cm³/mol. The van der Waals surface area contributed by atoms with Crippen molar-refractivity contribution in [3.05, 3.63) is 88.1 Å². The molecule has 0 aliphatic carbocycles. The molecular weight excluding hydrogens is 487 g/mol. The zero-order valence-electron chi connectivity index (χ0n) is 22.5. The van der Waals surface area contributed by atoms with Crippen molar-refractivity contribution < 1.29 is 0 Å². The normalized spacial score (nSPS) is 12.4. The first kappa shape index (κ1) is 24.3. The van der Waals surface area contributed by atoms with E-state index in [1.807, 2.05) is 11.3 Å². The summed E-state index contributed by atoms with van der Waals surface area (Å²) in [6.07, 6.45) is 1.13. The smallest absolute Gasteiger partial charge is 0.124 e. The molecule has 3 heteroatoms. The highest BCUT2D eigenvalue weighted by Gasteiger charge is 2.20. The van der Waals surface area contributed by atoms with E-state index in [9.17, 15) is 0 Å². The van der Waals surface area contributed by atoms with Crippen LogP contribution in [0.5, 0.6) is 0 Å². The van der Waals surface area contributed by atoms with E-state index in [2.05, 4.69) is 114 Å². The van der Waals surface area contributed by atoms with Crippen LogP contribution in [-0.2, 0) is 11.8 Å². The fraction of sp³-hybridized carbons (Fsp3) is 0.265. The molecule has 0 radical (unpaired) electrons. The number of thiophene rings is 2. The van der Waals surface area contributed by atoms with Crippen molar-refractivity contribution in [1.29, 1.82) is 0 Å². The molecule has 0 unspecified atom stereocenters. The van der Waals surface area contributed by atoms with Gasteiger partial charge in [0.25, 0.3) is 0 Å². The van der Waals surface area contributed by atoms with Crippen LogP contribution in [0.3, 0.4) is 0 Å². The van der Waals surface area contributed by atoms with Crippen molar-refractivity contribution in [3.8, 4) is 22.4 Å². The summed E-state index contributed by atoms with van der Waals surface area (Å²) >= 11 is 3.66. The van der Waals surface area contributed by atoms with Crippen molar-refractivity contribution >= 4 is 53.7 Å². The number of rotatable bonds is 4. The number of fused-ring (bicyclic) bond motifs is 3. The quantitative estimate of drug-likeness (QED) is 0.226. The molecule has 0 saturated carbocycles. The summed E-state index contributed by atoms with van der Waals surface area (Å²) in [5, 5.41) is 7.60. The van der Waals surface area contributed by atoms with Gasteiger partial charge in [0.15, 0.2) is 0 Å². The van der Waals surface area contributed by atoms with Crippen LogP contribution in [-0.4, -0.2) is 4.98 Å². The monoisotopic (exact) mass is 519 g/mol. The third-order valence-corrected chi connectivity index (χ3v) is 9.13. The molecule has 6 rings (SSSR count). The molecule has 1 nitrogen and oxygen atoms in total. The van der Waals surface area contributed by atoms with Gasteiger partial charge in [-0.05, 0) is 98.8 Å². The number of hydrogen-bond acceptors (Lipinski definition) is 3. The Kier molecular flexibility index (Phi) is 5.97. The molecule has 37 heavy (non-hydrogen) atoms. The van der Waals surface area contributed by atoms with E-state index in [4.69, 9.17) is 4.98 Å². The van der Waals surface area contributed by atoms with E-state index in [1.54, 1.807) is 11.3 Å². The summed E-state index contributed by atoms with van der Waals surface area (Å²) in [5.74, 6) is 0.661. The molecule has 0 atom stereocenters. The molecule has 3 heterocycles. The summed E-state index contributed by atoms with van der Waals surface area (Å²) in [7, 11) is 0. The number of aromatic nitrogens is 1. The third kappa shape index (κ3) is 4.49. The minimum atomic E-state index is 0.0416. The van der Waals surface area contributed by atoms with E-state index >= 15 is 0 Å². The molecule has 0 saturated heterocycles. The molecule has 0 aliphatic rings. The molecule has 6 aromatic rings. The third-order valence-electron chi connectivity index (χ3n) is 7.19. The zero-order chi connectivity index (χ0) is 25.9. The predicted octanol–water partition coefficient (Wildman–Crippen LogP) is 10.8. The molecule has 0 aliphatic heterocycles. The van der Waals surface area contributed by atoms with Crippen molar-refractivity contribution in [2.75, 3.05) is 0 Å². The minimum Gasteiger partial charge on any atom is -0.237 e. The van der Waals surface area contributed by atoms with Crippen LogP contribution in [0.15, 0.2) is 72.1 Å². The van der Waals surface area contributed by atoms with Crippen LogP contribution in [0.4, 0.5) is 0 Å². The molecule has 0 fully saturated rings. The van der Waals surface area contributed by atoms with E-state index in [0.29, 0.717) is 5.92 Å². The van der Waals surface area contributed by atoms with Gasteiger partial charge in [-0.15, -0.1) is 22.7 Å². The summed E-state index contributed by atoms with van der Waals surface area (Å²) < 4.78 is 1.37. The van der Waals surface area contributed by atoms with Gasteiger partial charge < -0.3 is 0 Å². The topological polar surface area (TPSA) is 12.9 Å². The average molecular weight is 520 g/mol. The van der Waals surface area contributed by atoms with Crippen LogP contribution in [0, 0.1) is 12.8 Å². The SMILES string of the molecule is Cc1cc2c(-c3ccc4c(CC(C)C)csc4c3)cc(-c3cc(C(C)(C)C)c4ccccc4c3)nc2s1. The average Bonchev–Trinajstić information content (AvgIpc) is 3.43. The van der Waals surface area contributed by atoms with Crippen molar-refractivity contribution in [2.45, 2.75) is 53.4 Å². The lowest BCUT2D eigenvalue weighted by Gasteiger charge is -2.23. The first-order valence-corrected chi connectivity index (χ1v) is 14.8. The van der Waals surface area contributed by atoms with E-state index in [1.165, 1.54) is 58.9 Å². The molecule has 3 aromatic heterocycles. The first-order chi connectivity index (χ1) is 17.7. The maximum atomic E-state index is 5.20. The number of hydrogen-bond donors (Lipinski definition) is 0. The maximum Gasteiger partial charge on any atom is 0.124 e. The maximum absolute atomic E-state index is 5.20. The Morgan fingerprint density at radius 2 is 1.65 bits per heavy atom. The van der Waals surface area contributed by atoms with Crippen molar-refractivity contribution in [2.24, 2.45) is 5.92 Å². The van der Waals surface area contributed by atoms with Crippen LogP contribution < -0.4 is 0 Å². The largest absolute Gasteiger partial charge is 0.237 e. The van der Waals surface area contributed by atoms with Crippen LogP contribution in [0.1, 0.15) is 50.6 Å². The van der Waals surface area contributed by atoms with Crippen molar-refractivity contribution in [1.82, 2.24) is 4.98 Å². The Balaban J connectivity index is 1.56. The molecule has 0 bridgehead atoms. The van der Waals surface area contributed by atoms with Gasteiger partial charge in [-0.2, -0.15) is 0 Å². The molecular formula is C34H33NS2. The van der Waals surface area contributed by atoms with Gasteiger partial charge >= 0.3 is 0 Å². The van der Waals surface area contributed by atoms with E-state index < -0.39 is 0 Å². The number of nitrogens with zero attached hydrogens (tertiary/aromatic N) is 1. The summed E-state index contributed by atoms with van der Waals surface area (Å²) in [6, 6.07) is 25.1. The van der Waals surface area contributed by atoms with Gasteiger partial charge in [0, 0.05) is 20.5 Å². The second kappa shape index (κ2) is 9.08. The Bertz CT molecular complexity index is 1780. The highest BCUT2D eigenvalue weighted by molar-refractivity contribution is 7.18. The van der Waals surface area contributed by atoms with Gasteiger partial charge in [-0.1, -0.05) is 71.0 Å². The lowest BCUT2D eigenvalue weighted by molar-refractivity contribution is 0.596. The van der Waals surface area contributed by atoms with Gasteiger partial charge in [-0.3, -0.25) is 0 Å². The van der Waals surface area contributed by atoms with E-state index in [-0.39, 0.29) is 5.41 Å². The lowest BCUT2D eigenvalue weighted by atomic mass is 9.82. The van der Waals surface area contributed by atoms with Crippen LogP contribution in [0.2, 0.25) is 0 Å². The first-order valence-electron chi connectivity index (χ1n) is 13.1. The molecule has 3 aromatic carbocycles. The fourth-order valence-electron chi connectivity index (χ4n) is 5.45. The molecule has 0 N–H and O–H groups in total. The Morgan fingerprint density at radius 1 is 0.838 bits per heavy atom.